The molecule has 0 unspecified atom stereocenters. The molecule has 0 atom stereocenters. The highest BCUT2D eigenvalue weighted by atomic mass is 16.5. The molecule has 0 bridgehead atoms. The predicted molar refractivity (Wildman–Crippen MR) is 46.4 cm³/mol. The van der Waals surface area contributed by atoms with E-state index in [0.717, 1.165) is 11.3 Å². The van der Waals surface area contributed by atoms with Crippen LogP contribution in [-0.2, 0) is 13.0 Å². The zero-order valence-electron chi connectivity index (χ0n) is 7.50. The molecule has 0 fully saturated rings. The number of nitrogens with zero attached hydrogens (tertiary/aromatic N) is 4. The first-order valence-electron chi connectivity index (χ1n) is 4.26. The predicted octanol–water partition coefficient (Wildman–Crippen LogP) is -0.151. The Balaban J connectivity index is 2.03. The second-order valence-electron chi connectivity index (χ2n) is 2.91. The fourth-order valence-corrected chi connectivity index (χ4v) is 1.14. The van der Waals surface area contributed by atoms with Crippen LogP contribution in [0.5, 0.6) is 0 Å². The fourth-order valence-electron chi connectivity index (χ4n) is 1.14. The van der Waals surface area contributed by atoms with Gasteiger partial charge in [-0.15, -0.1) is 5.10 Å². The number of aromatic nitrogens is 4. The summed E-state index contributed by atoms with van der Waals surface area (Å²) < 4.78 is 6.37. The molecule has 74 valence electrons. The van der Waals surface area contributed by atoms with Gasteiger partial charge in [0.15, 0.2) is 0 Å². The van der Waals surface area contributed by atoms with Crippen molar-refractivity contribution in [3.05, 3.63) is 29.9 Å². The van der Waals surface area contributed by atoms with Gasteiger partial charge in [-0.05, 0) is 0 Å². The van der Waals surface area contributed by atoms with Gasteiger partial charge >= 0.3 is 0 Å². The maximum atomic E-state index is 8.68. The lowest BCUT2D eigenvalue weighted by atomic mass is 10.3. The molecular weight excluding hydrogens is 184 g/mol. The van der Waals surface area contributed by atoms with E-state index < -0.39 is 0 Å². The molecule has 6 nitrogen and oxygen atoms in total. The Labute approximate surface area is 80.1 Å². The van der Waals surface area contributed by atoms with Crippen LogP contribution < -0.4 is 0 Å². The molecule has 1 N–H and O–H groups in total. The van der Waals surface area contributed by atoms with E-state index in [4.69, 9.17) is 5.11 Å². The monoisotopic (exact) mass is 194 g/mol. The molecule has 0 amide bonds. The third-order valence-corrected chi connectivity index (χ3v) is 1.78. The molecule has 2 aromatic heterocycles. The van der Waals surface area contributed by atoms with E-state index in [1.54, 1.807) is 23.3 Å². The average Bonchev–Trinajstić information content (AvgIpc) is 2.79. The summed E-state index contributed by atoms with van der Waals surface area (Å²) in [5.74, 6) is 0. The van der Waals surface area contributed by atoms with Crippen molar-refractivity contribution < 1.29 is 9.63 Å². The SMILES string of the molecule is OCCc1cn(Cc2cnoc2)nn1. The second-order valence-corrected chi connectivity index (χ2v) is 2.91. The minimum absolute atomic E-state index is 0.0892. The van der Waals surface area contributed by atoms with Gasteiger partial charge in [-0.1, -0.05) is 10.4 Å². The van der Waals surface area contributed by atoms with E-state index in [1.165, 1.54) is 0 Å². The van der Waals surface area contributed by atoms with E-state index in [-0.39, 0.29) is 6.61 Å². The van der Waals surface area contributed by atoms with Crippen molar-refractivity contribution in [2.24, 2.45) is 0 Å². The van der Waals surface area contributed by atoms with E-state index in [2.05, 4.69) is 20.0 Å². The van der Waals surface area contributed by atoms with Crippen molar-refractivity contribution >= 4 is 0 Å². The summed E-state index contributed by atoms with van der Waals surface area (Å²) in [6, 6.07) is 0. The molecule has 0 aliphatic carbocycles. The summed E-state index contributed by atoms with van der Waals surface area (Å²) in [4.78, 5) is 0. The molecule has 0 aliphatic heterocycles. The normalized spacial score (nSPS) is 10.6. The molecule has 0 aromatic carbocycles. The van der Waals surface area contributed by atoms with Crippen LogP contribution in [0.4, 0.5) is 0 Å². The summed E-state index contributed by atoms with van der Waals surface area (Å²) in [7, 11) is 0. The molecule has 0 saturated carbocycles. The molecule has 6 heteroatoms. The van der Waals surface area contributed by atoms with Crippen LogP contribution in [0.2, 0.25) is 0 Å². The van der Waals surface area contributed by atoms with Crippen LogP contribution in [0.1, 0.15) is 11.3 Å². The lowest BCUT2D eigenvalue weighted by molar-refractivity contribution is 0.298. The molecule has 0 saturated heterocycles. The zero-order valence-corrected chi connectivity index (χ0v) is 7.50. The van der Waals surface area contributed by atoms with Gasteiger partial charge in [-0.3, -0.25) is 0 Å². The first-order valence-corrected chi connectivity index (χ1v) is 4.26. The molecule has 0 aliphatic rings. The highest BCUT2D eigenvalue weighted by molar-refractivity contribution is 5.02. The van der Waals surface area contributed by atoms with E-state index >= 15 is 0 Å². The van der Waals surface area contributed by atoms with Gasteiger partial charge in [0, 0.05) is 24.8 Å². The minimum atomic E-state index is 0.0892. The molecule has 0 radical (unpaired) electrons. The topological polar surface area (TPSA) is 77.0 Å². The van der Waals surface area contributed by atoms with Crippen molar-refractivity contribution in [1.82, 2.24) is 20.2 Å². The Morgan fingerprint density at radius 2 is 2.43 bits per heavy atom. The van der Waals surface area contributed by atoms with Gasteiger partial charge in [0.05, 0.1) is 18.4 Å². The number of hydrogen-bond donors (Lipinski definition) is 1. The molecule has 2 rings (SSSR count). The Hall–Kier alpha value is -1.69. The third-order valence-electron chi connectivity index (χ3n) is 1.78. The average molecular weight is 194 g/mol. The number of rotatable bonds is 4. The van der Waals surface area contributed by atoms with Gasteiger partial charge in [-0.25, -0.2) is 4.68 Å². The number of aliphatic hydroxyl groups is 1. The molecule has 2 aromatic rings. The summed E-state index contributed by atoms with van der Waals surface area (Å²) >= 11 is 0. The third kappa shape index (κ3) is 1.97. The maximum Gasteiger partial charge on any atom is 0.128 e. The first-order chi connectivity index (χ1) is 6.88. The Morgan fingerprint density at radius 1 is 1.50 bits per heavy atom. The van der Waals surface area contributed by atoms with Crippen LogP contribution in [-0.4, -0.2) is 31.9 Å². The molecule has 14 heavy (non-hydrogen) atoms. The van der Waals surface area contributed by atoms with Crippen molar-refractivity contribution in [2.45, 2.75) is 13.0 Å². The molecule has 2 heterocycles. The summed E-state index contributed by atoms with van der Waals surface area (Å²) in [6.45, 7) is 0.674. The number of hydrogen-bond acceptors (Lipinski definition) is 5. The van der Waals surface area contributed by atoms with Gasteiger partial charge in [-0.2, -0.15) is 0 Å². The van der Waals surface area contributed by atoms with Crippen molar-refractivity contribution in [3.8, 4) is 0 Å². The minimum Gasteiger partial charge on any atom is -0.396 e. The van der Waals surface area contributed by atoms with Gasteiger partial charge < -0.3 is 9.63 Å². The highest BCUT2D eigenvalue weighted by Crippen LogP contribution is 2.01. The Bertz CT molecular complexity index is 382. The quantitative estimate of drug-likeness (QED) is 0.732. The fraction of sp³-hybridized carbons (Fsp3) is 0.375. The van der Waals surface area contributed by atoms with Crippen molar-refractivity contribution in [1.29, 1.82) is 0 Å². The largest absolute Gasteiger partial charge is 0.396 e. The van der Waals surface area contributed by atoms with Crippen molar-refractivity contribution in [2.75, 3.05) is 6.61 Å². The van der Waals surface area contributed by atoms with E-state index in [0.29, 0.717) is 13.0 Å². The van der Waals surface area contributed by atoms with Crippen LogP contribution >= 0.6 is 0 Å². The second kappa shape index (κ2) is 4.01. The number of aliphatic hydroxyl groups excluding tert-OH is 1. The van der Waals surface area contributed by atoms with Crippen LogP contribution in [0.3, 0.4) is 0 Å². The molecule has 0 spiro atoms. The first kappa shape index (κ1) is 8.89. The van der Waals surface area contributed by atoms with Gasteiger partial charge in [0.1, 0.15) is 6.26 Å². The Kier molecular flexibility index (Phi) is 2.55. The van der Waals surface area contributed by atoms with Crippen LogP contribution in [0.15, 0.2) is 23.2 Å². The lowest BCUT2D eigenvalue weighted by Gasteiger charge is -1.93. The van der Waals surface area contributed by atoms with Crippen LogP contribution in [0, 0.1) is 0 Å². The summed E-state index contributed by atoms with van der Waals surface area (Å²) in [5.41, 5.74) is 1.72. The van der Waals surface area contributed by atoms with Gasteiger partial charge in [0.2, 0.25) is 0 Å². The standard InChI is InChI=1S/C8H10N4O2/c13-2-1-8-5-12(11-10-8)4-7-3-9-14-6-7/h3,5-6,13H,1-2,4H2. The highest BCUT2D eigenvalue weighted by Gasteiger charge is 2.01. The maximum absolute atomic E-state index is 8.68. The zero-order chi connectivity index (χ0) is 9.80. The van der Waals surface area contributed by atoms with E-state index in [1.807, 2.05) is 0 Å². The Morgan fingerprint density at radius 3 is 3.14 bits per heavy atom. The van der Waals surface area contributed by atoms with E-state index in [9.17, 15) is 0 Å². The molecular formula is C8H10N4O2. The van der Waals surface area contributed by atoms with Crippen molar-refractivity contribution in [3.63, 3.8) is 0 Å². The lowest BCUT2D eigenvalue weighted by Crippen LogP contribution is -1.98. The summed E-state index contributed by atoms with van der Waals surface area (Å²) in [6.07, 6.45) is 5.52. The van der Waals surface area contributed by atoms with Gasteiger partial charge in [0.25, 0.3) is 0 Å². The smallest absolute Gasteiger partial charge is 0.128 e. The summed E-state index contributed by atoms with van der Waals surface area (Å²) in [5, 5.41) is 20.1. The van der Waals surface area contributed by atoms with Crippen LogP contribution in [0.25, 0.3) is 0 Å².